The number of nitrogens with zero attached hydrogens (tertiary/aromatic N) is 1. The van der Waals surface area contributed by atoms with Crippen molar-refractivity contribution in [3.8, 4) is 0 Å². The second kappa shape index (κ2) is 8.56. The molecule has 1 N–H and O–H groups in total. The van der Waals surface area contributed by atoms with Crippen LogP contribution >= 0.6 is 11.6 Å². The lowest BCUT2D eigenvalue weighted by Gasteiger charge is -2.10. The number of rotatable bonds is 5. The van der Waals surface area contributed by atoms with Crippen molar-refractivity contribution in [1.29, 1.82) is 0 Å². The lowest BCUT2D eigenvalue weighted by Crippen LogP contribution is -3.00. The Labute approximate surface area is 139 Å². The third kappa shape index (κ3) is 4.86. The van der Waals surface area contributed by atoms with Crippen LogP contribution in [0.5, 0.6) is 0 Å². The Kier molecular flexibility index (Phi) is 7.08. The Hall–Kier alpha value is -1.85. The van der Waals surface area contributed by atoms with Gasteiger partial charge >= 0.3 is 5.97 Å². The van der Waals surface area contributed by atoms with Crippen LogP contribution in [0.3, 0.4) is 0 Å². The second-order valence-corrected chi connectivity index (χ2v) is 4.72. The van der Waals surface area contributed by atoms with Gasteiger partial charge in [-0.25, -0.2) is 14.2 Å². The van der Waals surface area contributed by atoms with Crippen molar-refractivity contribution in [3.63, 3.8) is 0 Å². The van der Waals surface area contributed by atoms with Crippen LogP contribution in [0.4, 0.5) is 10.2 Å². The Morgan fingerprint density at radius 3 is 2.82 bits per heavy atom. The molecule has 1 aromatic carbocycles. The standard InChI is InChI=1S/C15H14ClFN2O2.ClH/c1-21-15(20)12-5-6-13(16)19-14(12)18-8-7-10-3-2-4-11(17)9-10;/h2-6,9H,7-8H2,1H3,(H,18,19);1H/p-1. The van der Waals surface area contributed by atoms with Crippen LogP contribution in [0, 0.1) is 5.82 Å². The van der Waals surface area contributed by atoms with Gasteiger partial charge in [-0.05, 0) is 36.2 Å². The number of carbonyl (C=O) groups excluding carboxylic acids is 1. The molecule has 0 amide bonds. The molecule has 0 saturated carbocycles. The fourth-order valence-corrected chi connectivity index (χ4v) is 2.01. The van der Waals surface area contributed by atoms with Crippen molar-refractivity contribution >= 4 is 23.4 Å². The SMILES string of the molecule is COC(=O)c1ccc(Cl)nc1NCCc1cccc(F)c1.[Cl-]. The first-order valence-electron chi connectivity index (χ1n) is 6.33. The molecule has 1 heterocycles. The number of carbonyl (C=O) groups is 1. The molecule has 0 radical (unpaired) electrons. The zero-order valence-electron chi connectivity index (χ0n) is 11.8. The van der Waals surface area contributed by atoms with Gasteiger partial charge in [0.15, 0.2) is 0 Å². The molecule has 0 aliphatic rings. The Balaban J connectivity index is 0.00000242. The van der Waals surface area contributed by atoms with Crippen LogP contribution in [0.2, 0.25) is 5.15 Å². The Bertz CT molecular complexity index is 653. The summed E-state index contributed by atoms with van der Waals surface area (Å²) in [4.78, 5) is 15.7. The minimum absolute atomic E-state index is 0. The van der Waals surface area contributed by atoms with E-state index in [1.54, 1.807) is 12.1 Å². The summed E-state index contributed by atoms with van der Waals surface area (Å²) in [6.45, 7) is 0.487. The fraction of sp³-hybridized carbons (Fsp3) is 0.200. The topological polar surface area (TPSA) is 51.2 Å². The van der Waals surface area contributed by atoms with Gasteiger partial charge in [-0.15, -0.1) is 0 Å². The minimum atomic E-state index is -0.493. The fourth-order valence-electron chi connectivity index (χ4n) is 1.86. The van der Waals surface area contributed by atoms with E-state index >= 15 is 0 Å². The van der Waals surface area contributed by atoms with Gasteiger partial charge < -0.3 is 22.5 Å². The normalized spacial score (nSPS) is 9.77. The number of aromatic nitrogens is 1. The Morgan fingerprint density at radius 1 is 1.36 bits per heavy atom. The van der Waals surface area contributed by atoms with Gasteiger partial charge in [-0.1, -0.05) is 23.7 Å². The zero-order valence-corrected chi connectivity index (χ0v) is 13.3. The van der Waals surface area contributed by atoms with E-state index in [2.05, 4.69) is 15.0 Å². The van der Waals surface area contributed by atoms with Gasteiger partial charge in [0.25, 0.3) is 0 Å². The molecule has 118 valence electrons. The third-order valence-electron chi connectivity index (χ3n) is 2.86. The first-order valence-corrected chi connectivity index (χ1v) is 6.71. The number of methoxy groups -OCH3 is 1. The number of pyridine rings is 1. The van der Waals surface area contributed by atoms with Crippen molar-refractivity contribution in [2.24, 2.45) is 0 Å². The van der Waals surface area contributed by atoms with Gasteiger partial charge in [0.2, 0.25) is 0 Å². The molecule has 2 rings (SSSR count). The van der Waals surface area contributed by atoms with Crippen LogP contribution in [-0.2, 0) is 11.2 Å². The maximum atomic E-state index is 13.1. The largest absolute Gasteiger partial charge is 1.00 e. The molecule has 0 unspecified atom stereocenters. The number of benzene rings is 1. The molecule has 7 heteroatoms. The maximum absolute atomic E-state index is 13.1. The summed E-state index contributed by atoms with van der Waals surface area (Å²) in [7, 11) is 1.30. The number of ether oxygens (including phenoxy) is 1. The number of nitrogens with one attached hydrogen (secondary N) is 1. The van der Waals surface area contributed by atoms with Crippen molar-refractivity contribution < 1.29 is 26.3 Å². The summed E-state index contributed by atoms with van der Waals surface area (Å²) < 4.78 is 17.8. The molecule has 0 atom stereocenters. The predicted octanol–water partition coefficient (Wildman–Crippen LogP) is 0.319. The molecule has 0 aliphatic carbocycles. The summed E-state index contributed by atoms with van der Waals surface area (Å²) >= 11 is 5.83. The van der Waals surface area contributed by atoms with Crippen LogP contribution in [0.1, 0.15) is 15.9 Å². The van der Waals surface area contributed by atoms with Crippen LogP contribution < -0.4 is 17.7 Å². The monoisotopic (exact) mass is 343 g/mol. The van der Waals surface area contributed by atoms with E-state index in [9.17, 15) is 9.18 Å². The zero-order chi connectivity index (χ0) is 15.2. The first-order chi connectivity index (χ1) is 10.1. The molecule has 0 aliphatic heterocycles. The summed E-state index contributed by atoms with van der Waals surface area (Å²) in [5, 5.41) is 3.29. The van der Waals surface area contributed by atoms with E-state index in [1.807, 2.05) is 6.07 Å². The molecule has 1 aromatic heterocycles. The smallest absolute Gasteiger partial charge is 0.341 e. The first kappa shape index (κ1) is 18.2. The van der Waals surface area contributed by atoms with Crippen LogP contribution in [0.25, 0.3) is 0 Å². The molecule has 4 nitrogen and oxygen atoms in total. The van der Waals surface area contributed by atoms with E-state index in [0.717, 1.165) is 5.56 Å². The lowest BCUT2D eigenvalue weighted by molar-refractivity contribution is -0.0000197. The highest BCUT2D eigenvalue weighted by molar-refractivity contribution is 6.29. The summed E-state index contributed by atoms with van der Waals surface area (Å²) in [5.74, 6) is -0.415. The number of hydrogen-bond acceptors (Lipinski definition) is 4. The van der Waals surface area contributed by atoms with E-state index in [4.69, 9.17) is 11.6 Å². The molecule has 0 spiro atoms. The molecule has 0 saturated heterocycles. The molecule has 22 heavy (non-hydrogen) atoms. The highest BCUT2D eigenvalue weighted by Gasteiger charge is 2.13. The lowest BCUT2D eigenvalue weighted by atomic mass is 10.1. The summed E-state index contributed by atoms with van der Waals surface area (Å²) in [6.07, 6.45) is 0.590. The summed E-state index contributed by atoms with van der Waals surface area (Å²) in [5.41, 5.74) is 1.16. The molecular formula is C15H14Cl2FN2O2-. The van der Waals surface area contributed by atoms with E-state index in [1.165, 1.54) is 25.3 Å². The average molecular weight is 344 g/mol. The maximum Gasteiger partial charge on any atom is 0.341 e. The number of halogens is 3. The van der Waals surface area contributed by atoms with Gasteiger partial charge in [0, 0.05) is 6.54 Å². The average Bonchev–Trinajstić information content (AvgIpc) is 2.47. The predicted molar refractivity (Wildman–Crippen MR) is 79.2 cm³/mol. The van der Waals surface area contributed by atoms with Crippen molar-refractivity contribution in [2.45, 2.75) is 6.42 Å². The molecule has 0 bridgehead atoms. The number of hydrogen-bond donors (Lipinski definition) is 1. The van der Waals surface area contributed by atoms with Crippen LogP contribution in [0.15, 0.2) is 36.4 Å². The van der Waals surface area contributed by atoms with Gasteiger partial charge in [0.1, 0.15) is 22.4 Å². The second-order valence-electron chi connectivity index (χ2n) is 4.33. The van der Waals surface area contributed by atoms with Crippen LogP contribution in [-0.4, -0.2) is 24.6 Å². The van der Waals surface area contributed by atoms with Crippen molar-refractivity contribution in [1.82, 2.24) is 4.98 Å². The number of anilines is 1. The van der Waals surface area contributed by atoms with Crippen molar-refractivity contribution in [2.75, 3.05) is 19.0 Å². The van der Waals surface area contributed by atoms with Gasteiger partial charge in [-0.2, -0.15) is 0 Å². The number of esters is 1. The highest BCUT2D eigenvalue weighted by Crippen LogP contribution is 2.17. The third-order valence-corrected chi connectivity index (χ3v) is 3.07. The van der Waals surface area contributed by atoms with Crippen molar-refractivity contribution in [3.05, 3.63) is 58.5 Å². The quantitative estimate of drug-likeness (QED) is 0.627. The Morgan fingerprint density at radius 2 is 2.14 bits per heavy atom. The van der Waals surface area contributed by atoms with Gasteiger partial charge in [0.05, 0.1) is 7.11 Å². The van der Waals surface area contributed by atoms with E-state index < -0.39 is 5.97 Å². The van der Waals surface area contributed by atoms with E-state index in [-0.39, 0.29) is 23.4 Å². The van der Waals surface area contributed by atoms with E-state index in [0.29, 0.717) is 24.3 Å². The molecule has 2 aromatic rings. The molecular weight excluding hydrogens is 330 g/mol. The highest BCUT2D eigenvalue weighted by atomic mass is 35.5. The minimum Gasteiger partial charge on any atom is -1.00 e. The summed E-state index contributed by atoms with van der Waals surface area (Å²) in [6, 6.07) is 9.41. The molecule has 0 fully saturated rings. The van der Waals surface area contributed by atoms with Gasteiger partial charge in [-0.3, -0.25) is 0 Å².